The lowest BCUT2D eigenvalue weighted by molar-refractivity contribution is 0.243. The van der Waals surface area contributed by atoms with Crippen molar-refractivity contribution < 1.29 is 0 Å². The fourth-order valence-corrected chi connectivity index (χ4v) is 3.44. The summed E-state index contributed by atoms with van der Waals surface area (Å²) in [5.41, 5.74) is 0. The van der Waals surface area contributed by atoms with Crippen molar-refractivity contribution in [1.29, 1.82) is 0 Å². The highest BCUT2D eigenvalue weighted by Crippen LogP contribution is 2.69. The Labute approximate surface area is 63.0 Å². The molecule has 56 valence electrons. The largest absolute Gasteiger partial charge is 0.0620 e. The van der Waals surface area contributed by atoms with Crippen molar-refractivity contribution in [2.45, 2.75) is 26.7 Å². The van der Waals surface area contributed by atoms with Gasteiger partial charge in [-0.2, -0.15) is 0 Å². The van der Waals surface area contributed by atoms with Crippen LogP contribution in [0.3, 0.4) is 0 Å². The highest BCUT2D eigenvalue weighted by atomic mass is 14.7. The molecule has 0 radical (unpaired) electrons. The van der Waals surface area contributed by atoms with E-state index in [1.54, 1.807) is 12.8 Å². The molecule has 0 saturated heterocycles. The molecular weight excluding hydrogens is 120 g/mol. The molecule has 0 aromatic carbocycles. The first-order chi connectivity index (χ1) is 4.79. The Morgan fingerprint density at radius 1 is 0.700 bits per heavy atom. The van der Waals surface area contributed by atoms with Gasteiger partial charge in [-0.25, -0.2) is 0 Å². The zero-order valence-corrected chi connectivity index (χ0v) is 6.88. The normalized spacial score (nSPS) is 70.2. The molecule has 0 aromatic rings. The molecule has 0 bridgehead atoms. The molecule has 0 nitrogen and oxygen atoms in total. The van der Waals surface area contributed by atoms with Crippen molar-refractivity contribution in [3.05, 3.63) is 0 Å². The summed E-state index contributed by atoms with van der Waals surface area (Å²) in [4.78, 5) is 0. The molecule has 3 aliphatic rings. The van der Waals surface area contributed by atoms with E-state index in [0.717, 1.165) is 11.8 Å². The molecule has 0 aliphatic heterocycles. The van der Waals surface area contributed by atoms with Crippen molar-refractivity contribution in [3.63, 3.8) is 0 Å². The summed E-state index contributed by atoms with van der Waals surface area (Å²) in [6.45, 7) is 4.95. The highest BCUT2D eigenvalue weighted by Gasteiger charge is 2.62. The van der Waals surface area contributed by atoms with E-state index < -0.39 is 0 Å². The van der Waals surface area contributed by atoms with Gasteiger partial charge in [0.2, 0.25) is 0 Å². The molecule has 3 saturated carbocycles. The van der Waals surface area contributed by atoms with Crippen LogP contribution >= 0.6 is 0 Å². The van der Waals surface area contributed by atoms with Crippen LogP contribution in [-0.4, -0.2) is 0 Å². The molecule has 0 amide bonds. The van der Waals surface area contributed by atoms with Crippen LogP contribution in [0.1, 0.15) is 26.7 Å². The van der Waals surface area contributed by atoms with Crippen molar-refractivity contribution in [2.75, 3.05) is 0 Å². The Morgan fingerprint density at radius 2 is 1.10 bits per heavy atom. The fourth-order valence-electron chi connectivity index (χ4n) is 3.44. The lowest BCUT2D eigenvalue weighted by atomic mass is 9.81. The summed E-state index contributed by atoms with van der Waals surface area (Å²) in [5, 5.41) is 0. The van der Waals surface area contributed by atoms with Gasteiger partial charge in [0, 0.05) is 0 Å². The number of fused-ring (bicyclic) bond motifs is 3. The maximum Gasteiger partial charge on any atom is -0.0349 e. The summed E-state index contributed by atoms with van der Waals surface area (Å²) < 4.78 is 0. The monoisotopic (exact) mass is 136 g/mol. The Kier molecular flexibility index (Phi) is 0.810. The van der Waals surface area contributed by atoms with Crippen LogP contribution in [0.4, 0.5) is 0 Å². The second-order valence-corrected chi connectivity index (χ2v) is 4.85. The Balaban J connectivity index is 1.89. The minimum Gasteiger partial charge on any atom is -0.0620 e. The summed E-state index contributed by atoms with van der Waals surface area (Å²) in [6.07, 6.45) is 3.18. The topological polar surface area (TPSA) is 0 Å². The number of hydrogen-bond donors (Lipinski definition) is 0. The van der Waals surface area contributed by atoms with E-state index in [1.807, 2.05) is 0 Å². The molecule has 0 heterocycles. The Morgan fingerprint density at radius 3 is 1.50 bits per heavy atom. The molecule has 3 aliphatic carbocycles. The van der Waals surface area contributed by atoms with Crippen LogP contribution < -0.4 is 0 Å². The van der Waals surface area contributed by atoms with Gasteiger partial charge in [-0.1, -0.05) is 13.8 Å². The quantitative estimate of drug-likeness (QED) is 0.480. The first kappa shape index (κ1) is 5.62. The number of hydrogen-bond acceptors (Lipinski definition) is 0. The molecule has 0 aromatic heterocycles. The van der Waals surface area contributed by atoms with Gasteiger partial charge in [0.1, 0.15) is 0 Å². The van der Waals surface area contributed by atoms with Gasteiger partial charge in [-0.05, 0) is 48.3 Å². The lowest BCUT2D eigenvalue weighted by Crippen LogP contribution is -2.18. The minimum absolute atomic E-state index is 1.06. The first-order valence-electron chi connectivity index (χ1n) is 4.79. The molecule has 6 unspecified atom stereocenters. The van der Waals surface area contributed by atoms with Gasteiger partial charge in [0.25, 0.3) is 0 Å². The average molecular weight is 136 g/mol. The van der Waals surface area contributed by atoms with Crippen LogP contribution in [0.15, 0.2) is 0 Å². The van der Waals surface area contributed by atoms with Gasteiger partial charge < -0.3 is 0 Å². The SMILES string of the molecule is CC1C(C)C2CC2C2CC12. The van der Waals surface area contributed by atoms with E-state index in [0.29, 0.717) is 0 Å². The highest BCUT2D eigenvalue weighted by molar-refractivity contribution is 5.10. The maximum atomic E-state index is 2.48. The molecule has 0 spiro atoms. The van der Waals surface area contributed by atoms with Crippen LogP contribution in [0, 0.1) is 35.5 Å². The van der Waals surface area contributed by atoms with Gasteiger partial charge in [-0.3, -0.25) is 0 Å². The van der Waals surface area contributed by atoms with Gasteiger partial charge in [0.15, 0.2) is 0 Å². The minimum atomic E-state index is 1.06. The molecular formula is C10H16. The average Bonchev–Trinajstić information content (AvgIpc) is 2.71. The molecule has 10 heavy (non-hydrogen) atoms. The van der Waals surface area contributed by atoms with Crippen LogP contribution in [-0.2, 0) is 0 Å². The van der Waals surface area contributed by atoms with E-state index in [1.165, 1.54) is 23.7 Å². The zero-order valence-electron chi connectivity index (χ0n) is 6.88. The van der Waals surface area contributed by atoms with Crippen molar-refractivity contribution in [3.8, 4) is 0 Å². The van der Waals surface area contributed by atoms with Gasteiger partial charge in [-0.15, -0.1) is 0 Å². The second-order valence-electron chi connectivity index (χ2n) is 4.85. The standard InChI is InChI=1S/C10H16/c1-5-6(2)8-4-10(8)9-3-7(5)9/h5-10H,3-4H2,1-2H3. The fraction of sp³-hybridized carbons (Fsp3) is 1.00. The predicted octanol–water partition coefficient (Wildman–Crippen LogP) is 2.54. The van der Waals surface area contributed by atoms with Gasteiger partial charge >= 0.3 is 0 Å². The first-order valence-corrected chi connectivity index (χ1v) is 4.79. The summed E-state index contributed by atoms with van der Waals surface area (Å²) in [6, 6.07) is 0. The predicted molar refractivity (Wildman–Crippen MR) is 41.5 cm³/mol. The van der Waals surface area contributed by atoms with E-state index >= 15 is 0 Å². The molecule has 6 atom stereocenters. The van der Waals surface area contributed by atoms with Crippen molar-refractivity contribution in [1.82, 2.24) is 0 Å². The molecule has 3 rings (SSSR count). The number of rotatable bonds is 0. The molecule has 0 heteroatoms. The molecule has 0 N–H and O–H groups in total. The smallest absolute Gasteiger partial charge is 0.0349 e. The zero-order chi connectivity index (χ0) is 6.88. The molecule has 3 fully saturated rings. The Hall–Kier alpha value is 0. The maximum absolute atomic E-state index is 2.48. The summed E-state index contributed by atoms with van der Waals surface area (Å²) in [7, 11) is 0. The van der Waals surface area contributed by atoms with E-state index in [9.17, 15) is 0 Å². The summed E-state index contributed by atoms with van der Waals surface area (Å²) in [5.74, 6) is 6.87. The lowest BCUT2D eigenvalue weighted by Gasteiger charge is -2.24. The Bertz CT molecular complexity index is 153. The van der Waals surface area contributed by atoms with Crippen molar-refractivity contribution >= 4 is 0 Å². The van der Waals surface area contributed by atoms with Crippen LogP contribution in [0.5, 0.6) is 0 Å². The van der Waals surface area contributed by atoms with Gasteiger partial charge in [0.05, 0.1) is 0 Å². The van der Waals surface area contributed by atoms with E-state index in [-0.39, 0.29) is 0 Å². The second kappa shape index (κ2) is 1.44. The van der Waals surface area contributed by atoms with Crippen LogP contribution in [0.25, 0.3) is 0 Å². The third-order valence-electron chi connectivity index (χ3n) is 4.51. The third-order valence-corrected chi connectivity index (χ3v) is 4.51. The third kappa shape index (κ3) is 0.500. The van der Waals surface area contributed by atoms with Crippen molar-refractivity contribution in [2.24, 2.45) is 35.5 Å². The summed E-state index contributed by atoms with van der Waals surface area (Å²) >= 11 is 0. The van der Waals surface area contributed by atoms with Crippen LogP contribution in [0.2, 0.25) is 0 Å². The van der Waals surface area contributed by atoms with E-state index in [4.69, 9.17) is 0 Å². The van der Waals surface area contributed by atoms with E-state index in [2.05, 4.69) is 13.8 Å².